The fraction of sp³-hybridized carbons (Fsp3) is 0.118. The standard InChI is InChI=1S/C17H12ClNO4/c18-11-6-7-12-13(8-11)19-16(21)14(15(12)20)17(22)23-9-10-4-2-1-3-5-10/h1-8,14H,9H2,(H,19,21). The average Bonchev–Trinajstić information content (AvgIpc) is 2.53. The number of benzene rings is 2. The lowest BCUT2D eigenvalue weighted by molar-refractivity contribution is -0.150. The van der Waals surface area contributed by atoms with Gasteiger partial charge in [-0.2, -0.15) is 0 Å². The number of fused-ring (bicyclic) bond motifs is 1. The second kappa shape index (κ2) is 6.22. The van der Waals surface area contributed by atoms with Crippen LogP contribution in [0, 0.1) is 5.92 Å². The topological polar surface area (TPSA) is 72.5 Å². The van der Waals surface area contributed by atoms with Crippen molar-refractivity contribution in [1.82, 2.24) is 0 Å². The van der Waals surface area contributed by atoms with Gasteiger partial charge >= 0.3 is 5.97 Å². The van der Waals surface area contributed by atoms with E-state index < -0.39 is 23.6 Å². The fourth-order valence-electron chi connectivity index (χ4n) is 2.34. The van der Waals surface area contributed by atoms with Crippen LogP contribution in [0.4, 0.5) is 5.69 Å². The Labute approximate surface area is 137 Å². The van der Waals surface area contributed by atoms with Gasteiger partial charge in [-0.3, -0.25) is 14.4 Å². The van der Waals surface area contributed by atoms with Gasteiger partial charge in [0.25, 0.3) is 0 Å². The first-order valence-electron chi connectivity index (χ1n) is 6.91. The molecule has 1 heterocycles. The van der Waals surface area contributed by atoms with E-state index in [4.69, 9.17) is 16.3 Å². The maximum atomic E-state index is 12.4. The Bertz CT molecular complexity index is 788. The van der Waals surface area contributed by atoms with Gasteiger partial charge in [0.2, 0.25) is 5.91 Å². The number of hydrogen-bond donors (Lipinski definition) is 1. The molecule has 1 amide bonds. The summed E-state index contributed by atoms with van der Waals surface area (Å²) in [6.07, 6.45) is 0. The van der Waals surface area contributed by atoms with E-state index in [9.17, 15) is 14.4 Å². The number of hydrogen-bond acceptors (Lipinski definition) is 4. The van der Waals surface area contributed by atoms with Crippen molar-refractivity contribution in [1.29, 1.82) is 0 Å². The number of halogens is 1. The Morgan fingerprint density at radius 1 is 1.13 bits per heavy atom. The summed E-state index contributed by atoms with van der Waals surface area (Å²) in [5.74, 6) is -3.65. The van der Waals surface area contributed by atoms with Crippen molar-refractivity contribution in [3.63, 3.8) is 0 Å². The van der Waals surface area contributed by atoms with Gasteiger partial charge in [-0.15, -0.1) is 0 Å². The maximum absolute atomic E-state index is 12.4. The molecule has 0 radical (unpaired) electrons. The molecule has 116 valence electrons. The lowest BCUT2D eigenvalue weighted by Gasteiger charge is -2.22. The molecule has 2 aromatic carbocycles. The highest BCUT2D eigenvalue weighted by molar-refractivity contribution is 6.33. The first-order chi connectivity index (χ1) is 11.1. The molecule has 6 heteroatoms. The number of esters is 1. The molecule has 1 atom stereocenters. The van der Waals surface area contributed by atoms with Gasteiger partial charge in [-0.1, -0.05) is 41.9 Å². The summed E-state index contributed by atoms with van der Waals surface area (Å²) in [5.41, 5.74) is 1.33. The van der Waals surface area contributed by atoms with E-state index in [0.29, 0.717) is 10.7 Å². The summed E-state index contributed by atoms with van der Waals surface area (Å²) < 4.78 is 5.10. The molecular weight excluding hydrogens is 318 g/mol. The van der Waals surface area contributed by atoms with Gasteiger partial charge in [0.15, 0.2) is 11.7 Å². The second-order valence-electron chi connectivity index (χ2n) is 5.07. The van der Waals surface area contributed by atoms with Gasteiger partial charge in [0, 0.05) is 10.6 Å². The summed E-state index contributed by atoms with van der Waals surface area (Å²) in [5, 5.41) is 2.91. The van der Waals surface area contributed by atoms with E-state index >= 15 is 0 Å². The van der Waals surface area contributed by atoms with E-state index in [-0.39, 0.29) is 12.2 Å². The smallest absolute Gasteiger partial charge is 0.326 e. The van der Waals surface area contributed by atoms with Crippen LogP contribution in [0.3, 0.4) is 0 Å². The number of carbonyl (C=O) groups excluding carboxylic acids is 3. The Balaban J connectivity index is 1.77. The monoisotopic (exact) mass is 329 g/mol. The minimum absolute atomic E-state index is 0.00417. The zero-order valence-corrected chi connectivity index (χ0v) is 12.7. The Morgan fingerprint density at radius 3 is 2.61 bits per heavy atom. The van der Waals surface area contributed by atoms with Gasteiger partial charge in [0.05, 0.1) is 5.69 Å². The van der Waals surface area contributed by atoms with E-state index in [1.165, 1.54) is 18.2 Å². The molecule has 5 nitrogen and oxygen atoms in total. The van der Waals surface area contributed by atoms with Gasteiger partial charge < -0.3 is 10.1 Å². The van der Waals surface area contributed by atoms with E-state index in [1.54, 1.807) is 12.1 Å². The van der Waals surface area contributed by atoms with Crippen LogP contribution in [0.2, 0.25) is 5.02 Å². The van der Waals surface area contributed by atoms with Crippen LogP contribution >= 0.6 is 11.6 Å². The summed E-state index contributed by atoms with van der Waals surface area (Å²) in [6, 6.07) is 13.5. The predicted octanol–water partition coefficient (Wildman–Crippen LogP) is 2.83. The second-order valence-corrected chi connectivity index (χ2v) is 5.51. The Morgan fingerprint density at radius 2 is 1.87 bits per heavy atom. The molecular formula is C17H12ClNO4. The molecule has 2 aromatic rings. The highest BCUT2D eigenvalue weighted by Gasteiger charge is 2.41. The lowest BCUT2D eigenvalue weighted by Crippen LogP contribution is -2.41. The first-order valence-corrected chi connectivity index (χ1v) is 7.29. The molecule has 1 N–H and O–H groups in total. The SMILES string of the molecule is O=C1Nc2cc(Cl)ccc2C(=O)C1C(=O)OCc1ccccc1. The van der Waals surface area contributed by atoms with Gasteiger partial charge in [0.1, 0.15) is 6.61 Å². The van der Waals surface area contributed by atoms with Crippen molar-refractivity contribution >= 4 is 34.9 Å². The van der Waals surface area contributed by atoms with Crippen molar-refractivity contribution in [2.75, 3.05) is 5.32 Å². The van der Waals surface area contributed by atoms with Crippen LogP contribution in [-0.2, 0) is 20.9 Å². The highest BCUT2D eigenvalue weighted by Crippen LogP contribution is 2.29. The fourth-order valence-corrected chi connectivity index (χ4v) is 2.51. The van der Waals surface area contributed by atoms with Crippen LogP contribution in [0.15, 0.2) is 48.5 Å². The molecule has 1 unspecified atom stereocenters. The number of nitrogens with one attached hydrogen (secondary N) is 1. The predicted molar refractivity (Wildman–Crippen MR) is 84.1 cm³/mol. The molecule has 23 heavy (non-hydrogen) atoms. The lowest BCUT2D eigenvalue weighted by atomic mass is 9.92. The molecule has 0 saturated heterocycles. The zero-order valence-electron chi connectivity index (χ0n) is 11.9. The van der Waals surface area contributed by atoms with Crippen LogP contribution in [0.5, 0.6) is 0 Å². The molecule has 0 spiro atoms. The maximum Gasteiger partial charge on any atom is 0.326 e. The van der Waals surface area contributed by atoms with Crippen LogP contribution < -0.4 is 5.32 Å². The van der Waals surface area contributed by atoms with Gasteiger partial charge in [-0.05, 0) is 23.8 Å². The van der Waals surface area contributed by atoms with Crippen LogP contribution in [-0.4, -0.2) is 17.7 Å². The minimum atomic E-state index is -1.49. The third-order valence-corrected chi connectivity index (χ3v) is 3.72. The highest BCUT2D eigenvalue weighted by atomic mass is 35.5. The van der Waals surface area contributed by atoms with E-state index in [2.05, 4.69) is 5.32 Å². The molecule has 0 aromatic heterocycles. The number of carbonyl (C=O) groups is 3. The summed E-state index contributed by atoms with van der Waals surface area (Å²) in [7, 11) is 0. The molecule has 0 saturated carbocycles. The van der Waals surface area contributed by atoms with Crippen molar-refractivity contribution in [3.05, 3.63) is 64.7 Å². The van der Waals surface area contributed by atoms with Gasteiger partial charge in [-0.25, -0.2) is 0 Å². The third-order valence-electron chi connectivity index (χ3n) is 3.49. The summed E-state index contributed by atoms with van der Waals surface area (Å²) >= 11 is 5.83. The normalized spacial score (nSPS) is 16.5. The van der Waals surface area contributed by atoms with E-state index in [1.807, 2.05) is 18.2 Å². The van der Waals surface area contributed by atoms with Crippen molar-refractivity contribution < 1.29 is 19.1 Å². The summed E-state index contributed by atoms with van der Waals surface area (Å²) in [6.45, 7) is 0.00417. The van der Waals surface area contributed by atoms with Crippen molar-refractivity contribution in [3.8, 4) is 0 Å². The Hall–Kier alpha value is -2.66. The Kier molecular flexibility index (Phi) is 4.12. The van der Waals surface area contributed by atoms with E-state index in [0.717, 1.165) is 5.56 Å². The first kappa shape index (κ1) is 15.2. The largest absolute Gasteiger partial charge is 0.460 e. The molecule has 3 rings (SSSR count). The molecule has 0 fully saturated rings. The number of Topliss-reactive ketones (excluding diaryl/α,β-unsaturated/α-hetero) is 1. The number of amides is 1. The molecule has 1 aliphatic rings. The average molecular weight is 330 g/mol. The van der Waals surface area contributed by atoms with Crippen molar-refractivity contribution in [2.24, 2.45) is 5.92 Å². The molecule has 0 bridgehead atoms. The zero-order chi connectivity index (χ0) is 16.4. The number of ether oxygens (including phenoxy) is 1. The third kappa shape index (κ3) is 3.10. The quantitative estimate of drug-likeness (QED) is 0.694. The van der Waals surface area contributed by atoms with Crippen LogP contribution in [0.1, 0.15) is 15.9 Å². The summed E-state index contributed by atoms with van der Waals surface area (Å²) in [4.78, 5) is 36.6. The molecule has 0 aliphatic carbocycles. The molecule has 1 aliphatic heterocycles. The number of ketones is 1. The number of anilines is 1. The number of rotatable bonds is 3. The minimum Gasteiger partial charge on any atom is -0.460 e. The van der Waals surface area contributed by atoms with Crippen LogP contribution in [0.25, 0.3) is 0 Å². The van der Waals surface area contributed by atoms with Crippen molar-refractivity contribution in [2.45, 2.75) is 6.61 Å².